The van der Waals surface area contributed by atoms with Crippen molar-refractivity contribution in [1.82, 2.24) is 0 Å². The van der Waals surface area contributed by atoms with Gasteiger partial charge in [0.2, 0.25) is 5.78 Å². The third-order valence-corrected chi connectivity index (χ3v) is 1.75. The molecule has 0 unspecified atom stereocenters. The van der Waals surface area contributed by atoms with Gasteiger partial charge in [0.25, 0.3) is 5.91 Å². The summed E-state index contributed by atoms with van der Waals surface area (Å²) >= 11 is 0. The van der Waals surface area contributed by atoms with Crippen LogP contribution < -0.4 is 5.73 Å². The molecule has 3 nitrogen and oxygen atoms in total. The van der Waals surface area contributed by atoms with Gasteiger partial charge in [0.15, 0.2) is 0 Å². The lowest BCUT2D eigenvalue weighted by Gasteiger charge is -2.00. The Morgan fingerprint density at radius 3 is 2.10 bits per heavy atom. The maximum Gasteiger partial charge on any atom is 0.285 e. The van der Waals surface area contributed by atoms with Crippen molar-refractivity contribution in [2.75, 3.05) is 0 Å². The predicted molar refractivity (Wildman–Crippen MR) is 35.9 cm³/mol. The minimum absolute atomic E-state index is 0.461. The second kappa shape index (κ2) is 2.82. The summed E-state index contributed by atoms with van der Waals surface area (Å²) in [6.45, 7) is 0. The molecule has 10 heavy (non-hydrogen) atoms. The summed E-state index contributed by atoms with van der Waals surface area (Å²) in [5.41, 5.74) is 4.81. The van der Waals surface area contributed by atoms with Crippen LogP contribution in [-0.4, -0.2) is 11.7 Å². The van der Waals surface area contributed by atoms with E-state index in [2.05, 4.69) is 0 Å². The Morgan fingerprint density at radius 1 is 1.20 bits per heavy atom. The minimum atomic E-state index is -0.808. The normalized spacial score (nSPS) is 19.2. The molecule has 1 amide bonds. The number of ketones is 1. The first-order chi connectivity index (χ1) is 4.72. The van der Waals surface area contributed by atoms with Crippen LogP contribution >= 0.6 is 0 Å². The van der Waals surface area contributed by atoms with Crippen molar-refractivity contribution in [2.24, 2.45) is 5.73 Å². The van der Waals surface area contributed by atoms with Gasteiger partial charge in [-0.2, -0.15) is 0 Å². The second-order valence-corrected chi connectivity index (χ2v) is 2.50. The van der Waals surface area contributed by atoms with Crippen molar-refractivity contribution in [1.29, 1.82) is 0 Å². The van der Waals surface area contributed by atoms with Gasteiger partial charge >= 0.3 is 0 Å². The molecule has 1 aliphatic rings. The molecule has 0 bridgehead atoms. The molecule has 2 N–H and O–H groups in total. The zero-order valence-electron chi connectivity index (χ0n) is 5.72. The Morgan fingerprint density at radius 2 is 1.70 bits per heavy atom. The average Bonchev–Trinajstić information content (AvgIpc) is 2.36. The highest BCUT2D eigenvalue weighted by Crippen LogP contribution is 2.27. The van der Waals surface area contributed by atoms with Crippen LogP contribution in [0.1, 0.15) is 25.7 Å². The summed E-state index contributed by atoms with van der Waals surface area (Å²) in [5, 5.41) is 0. The number of rotatable bonds is 2. The quantitative estimate of drug-likeness (QED) is 0.556. The van der Waals surface area contributed by atoms with E-state index in [4.69, 9.17) is 5.73 Å². The Bertz CT molecular complexity index is 159. The van der Waals surface area contributed by atoms with E-state index in [1.165, 1.54) is 0 Å². The SMILES string of the molecule is NC(=O)C(=O)[C]1CCCC1. The van der Waals surface area contributed by atoms with Gasteiger partial charge in [0, 0.05) is 0 Å². The van der Waals surface area contributed by atoms with Crippen molar-refractivity contribution in [2.45, 2.75) is 25.7 Å². The molecule has 0 aromatic heterocycles. The molecule has 1 aliphatic carbocycles. The van der Waals surface area contributed by atoms with Crippen LogP contribution in [0, 0.1) is 5.92 Å². The average molecular weight is 140 g/mol. The molecule has 0 aromatic carbocycles. The van der Waals surface area contributed by atoms with Crippen LogP contribution in [0.3, 0.4) is 0 Å². The third-order valence-electron chi connectivity index (χ3n) is 1.75. The molecule has 1 saturated carbocycles. The molecule has 1 rings (SSSR count). The van der Waals surface area contributed by atoms with Gasteiger partial charge in [-0.25, -0.2) is 0 Å². The van der Waals surface area contributed by atoms with Gasteiger partial charge in [0.1, 0.15) is 0 Å². The number of amides is 1. The highest BCUT2D eigenvalue weighted by Gasteiger charge is 2.26. The first kappa shape index (κ1) is 7.25. The van der Waals surface area contributed by atoms with Gasteiger partial charge in [-0.3, -0.25) is 9.59 Å². The van der Waals surface area contributed by atoms with Crippen LogP contribution in [-0.2, 0) is 9.59 Å². The number of Topliss-reactive ketones (excluding diaryl/α,β-unsaturated/α-hetero) is 1. The molecule has 0 heterocycles. The maximum atomic E-state index is 10.8. The first-order valence-electron chi connectivity index (χ1n) is 3.40. The Labute approximate surface area is 59.6 Å². The smallest absolute Gasteiger partial charge is 0.285 e. The standard InChI is InChI=1S/C7H10NO2/c8-7(10)6(9)5-3-1-2-4-5/h1-4H2,(H2,8,10). The van der Waals surface area contributed by atoms with Crippen molar-refractivity contribution in [3.8, 4) is 0 Å². The molecule has 0 atom stereocenters. The zero-order chi connectivity index (χ0) is 7.56. The lowest BCUT2D eigenvalue weighted by Crippen LogP contribution is -2.27. The molecule has 0 aromatic rings. The lowest BCUT2D eigenvalue weighted by atomic mass is 10.0. The number of hydrogen-bond acceptors (Lipinski definition) is 2. The fourth-order valence-corrected chi connectivity index (χ4v) is 1.20. The molecule has 0 spiro atoms. The van der Waals surface area contributed by atoms with Crippen molar-refractivity contribution in [3.63, 3.8) is 0 Å². The van der Waals surface area contributed by atoms with Crippen LogP contribution in [0.25, 0.3) is 0 Å². The van der Waals surface area contributed by atoms with Gasteiger partial charge in [-0.15, -0.1) is 0 Å². The topological polar surface area (TPSA) is 60.2 Å². The summed E-state index contributed by atoms with van der Waals surface area (Å²) in [7, 11) is 0. The third kappa shape index (κ3) is 1.35. The summed E-state index contributed by atoms with van der Waals surface area (Å²) < 4.78 is 0. The van der Waals surface area contributed by atoms with Crippen LogP contribution in [0.15, 0.2) is 0 Å². The van der Waals surface area contributed by atoms with Crippen LogP contribution in [0.2, 0.25) is 0 Å². The molecule has 3 heteroatoms. The summed E-state index contributed by atoms with van der Waals surface area (Å²) in [6.07, 6.45) is 3.58. The predicted octanol–water partition coefficient (Wildman–Crippen LogP) is 0.189. The molecule has 0 saturated heterocycles. The molecular weight excluding hydrogens is 130 g/mol. The Hall–Kier alpha value is -0.860. The number of carbonyl (C=O) groups excluding carboxylic acids is 2. The number of carbonyl (C=O) groups is 2. The van der Waals surface area contributed by atoms with E-state index in [0.29, 0.717) is 5.92 Å². The molecule has 1 radical (unpaired) electrons. The van der Waals surface area contributed by atoms with Gasteiger partial charge in [-0.05, 0) is 12.8 Å². The van der Waals surface area contributed by atoms with Crippen LogP contribution in [0.4, 0.5) is 0 Å². The number of hydrogen-bond donors (Lipinski definition) is 1. The van der Waals surface area contributed by atoms with E-state index in [1.807, 2.05) is 0 Å². The van der Waals surface area contributed by atoms with Gasteiger partial charge < -0.3 is 5.73 Å². The van der Waals surface area contributed by atoms with E-state index in [9.17, 15) is 9.59 Å². The van der Waals surface area contributed by atoms with Crippen molar-refractivity contribution < 1.29 is 9.59 Å². The monoisotopic (exact) mass is 140 g/mol. The molecular formula is C7H10NO2. The number of primary amides is 1. The molecule has 1 fully saturated rings. The summed E-state index contributed by atoms with van der Waals surface area (Å²) in [6, 6.07) is 0. The Balaban J connectivity index is 2.48. The fraction of sp³-hybridized carbons (Fsp3) is 0.571. The largest absolute Gasteiger partial charge is 0.363 e. The maximum absolute atomic E-state index is 10.8. The number of nitrogens with two attached hydrogens (primary N) is 1. The highest BCUT2D eigenvalue weighted by atomic mass is 16.2. The Kier molecular flexibility index (Phi) is 2.04. The molecule has 55 valence electrons. The van der Waals surface area contributed by atoms with Crippen molar-refractivity contribution in [3.05, 3.63) is 5.92 Å². The summed E-state index contributed by atoms with van der Waals surface area (Å²) in [5.74, 6) is -0.554. The first-order valence-corrected chi connectivity index (χ1v) is 3.40. The van der Waals surface area contributed by atoms with Gasteiger partial charge in [0.05, 0.1) is 5.92 Å². The fourth-order valence-electron chi connectivity index (χ4n) is 1.20. The van der Waals surface area contributed by atoms with Crippen LogP contribution in [0.5, 0.6) is 0 Å². The van der Waals surface area contributed by atoms with E-state index in [1.54, 1.807) is 0 Å². The second-order valence-electron chi connectivity index (χ2n) is 2.50. The summed E-state index contributed by atoms with van der Waals surface area (Å²) in [4.78, 5) is 21.2. The minimum Gasteiger partial charge on any atom is -0.363 e. The van der Waals surface area contributed by atoms with E-state index in [0.717, 1.165) is 25.7 Å². The lowest BCUT2D eigenvalue weighted by molar-refractivity contribution is -0.134. The molecule has 0 aliphatic heterocycles. The zero-order valence-corrected chi connectivity index (χ0v) is 5.72. The van der Waals surface area contributed by atoms with E-state index in [-0.39, 0.29) is 0 Å². The van der Waals surface area contributed by atoms with Gasteiger partial charge in [-0.1, -0.05) is 12.8 Å². The van der Waals surface area contributed by atoms with Crippen molar-refractivity contribution >= 4 is 11.7 Å². The van der Waals surface area contributed by atoms with E-state index < -0.39 is 11.7 Å². The van der Waals surface area contributed by atoms with E-state index >= 15 is 0 Å². The highest BCUT2D eigenvalue weighted by molar-refractivity contribution is 6.40.